The zero-order valence-electron chi connectivity index (χ0n) is 21.7. The molecule has 2 rings (SSSR count). The van der Waals surface area contributed by atoms with Crippen LogP contribution in [0.4, 0.5) is 0 Å². The molecule has 0 amide bonds. The zero-order valence-corrected chi connectivity index (χ0v) is 22.7. The van der Waals surface area contributed by atoms with Crippen molar-refractivity contribution in [2.24, 2.45) is 5.41 Å². The number of esters is 2. The van der Waals surface area contributed by atoms with Gasteiger partial charge in [0.15, 0.2) is 8.32 Å². The Kier molecular flexibility index (Phi) is 9.27. The summed E-state index contributed by atoms with van der Waals surface area (Å²) in [5, 5.41) is 10.9. The maximum Gasteiger partial charge on any atom is 0.343 e. The van der Waals surface area contributed by atoms with Gasteiger partial charge in [0.1, 0.15) is 18.0 Å². The summed E-state index contributed by atoms with van der Waals surface area (Å²) in [7, 11) is -2.09. The van der Waals surface area contributed by atoms with E-state index in [4.69, 9.17) is 18.6 Å². The molecule has 0 radical (unpaired) electrons. The van der Waals surface area contributed by atoms with Crippen LogP contribution in [0.2, 0.25) is 18.1 Å². The molecule has 0 saturated carbocycles. The van der Waals surface area contributed by atoms with Crippen LogP contribution in [-0.2, 0) is 23.4 Å². The van der Waals surface area contributed by atoms with E-state index in [9.17, 15) is 14.7 Å². The Bertz CT molecular complexity index is 865. The summed E-state index contributed by atoms with van der Waals surface area (Å²) in [6.07, 6.45) is -0.308. The van der Waals surface area contributed by atoms with Crippen LogP contribution in [0.15, 0.2) is 42.2 Å². The van der Waals surface area contributed by atoms with E-state index in [0.717, 1.165) is 0 Å². The maximum atomic E-state index is 12.6. The minimum absolute atomic E-state index is 0.0127. The van der Waals surface area contributed by atoms with Crippen molar-refractivity contribution in [3.63, 3.8) is 0 Å². The summed E-state index contributed by atoms with van der Waals surface area (Å²) in [4.78, 5) is 24.7. The largest absolute Gasteiger partial charge is 0.465 e. The third-order valence-corrected chi connectivity index (χ3v) is 10.7. The molecule has 8 heteroatoms. The Hall–Kier alpha value is -2.00. The lowest BCUT2D eigenvalue weighted by molar-refractivity contribution is -0.153. The molecule has 190 valence electrons. The predicted molar refractivity (Wildman–Crippen MR) is 133 cm³/mol. The molecule has 1 aromatic rings. The van der Waals surface area contributed by atoms with Crippen LogP contribution >= 0.6 is 0 Å². The molecule has 3 unspecified atom stereocenters. The van der Waals surface area contributed by atoms with E-state index in [1.54, 1.807) is 51.1 Å². The topological polar surface area (TPSA) is 91.3 Å². The van der Waals surface area contributed by atoms with Gasteiger partial charge >= 0.3 is 11.9 Å². The zero-order chi connectivity index (χ0) is 25.7. The lowest BCUT2D eigenvalue weighted by atomic mass is 9.97. The highest BCUT2D eigenvalue weighted by Gasteiger charge is 2.40. The SMILES string of the molecule is CC(C)(C)C(=O)OCCC1C=C(OC(=O)c2ccccc2)C(C(O)CO[Si](C)(C)C(C)(C)C)O1. The minimum atomic E-state index is -2.09. The van der Waals surface area contributed by atoms with Gasteiger partial charge in [-0.05, 0) is 57.1 Å². The number of benzene rings is 1. The minimum Gasteiger partial charge on any atom is -0.465 e. The Morgan fingerprint density at radius 3 is 2.26 bits per heavy atom. The van der Waals surface area contributed by atoms with Gasteiger partial charge in [-0.3, -0.25) is 4.79 Å². The Balaban J connectivity index is 2.09. The molecule has 1 N–H and O–H groups in total. The number of carbonyl (C=O) groups is 2. The molecular formula is C26H40O7Si. The van der Waals surface area contributed by atoms with E-state index in [1.165, 1.54) is 0 Å². The summed E-state index contributed by atoms with van der Waals surface area (Å²) in [6.45, 7) is 16.2. The molecule has 1 aliphatic rings. The highest BCUT2D eigenvalue weighted by Crippen LogP contribution is 2.37. The lowest BCUT2D eigenvalue weighted by Gasteiger charge is -2.37. The first-order chi connectivity index (χ1) is 15.6. The molecule has 34 heavy (non-hydrogen) atoms. The van der Waals surface area contributed by atoms with Gasteiger partial charge in [-0.1, -0.05) is 39.0 Å². The number of aliphatic hydroxyl groups excluding tert-OH is 1. The number of ether oxygens (including phenoxy) is 3. The second-order valence-corrected chi connectivity index (χ2v) is 16.0. The first-order valence-corrected chi connectivity index (χ1v) is 14.7. The average Bonchev–Trinajstić information content (AvgIpc) is 3.13. The van der Waals surface area contributed by atoms with Crippen LogP contribution in [0.5, 0.6) is 0 Å². The Labute approximate surface area is 204 Å². The van der Waals surface area contributed by atoms with E-state index in [1.807, 2.05) is 6.07 Å². The molecule has 0 aliphatic carbocycles. The van der Waals surface area contributed by atoms with Crippen LogP contribution in [0, 0.1) is 5.41 Å². The third kappa shape index (κ3) is 7.76. The van der Waals surface area contributed by atoms with E-state index in [0.29, 0.717) is 12.0 Å². The summed E-state index contributed by atoms with van der Waals surface area (Å²) in [5.41, 5.74) is -0.195. The van der Waals surface area contributed by atoms with E-state index < -0.39 is 38.0 Å². The predicted octanol–water partition coefficient (Wildman–Crippen LogP) is 4.86. The highest BCUT2D eigenvalue weighted by molar-refractivity contribution is 6.74. The van der Waals surface area contributed by atoms with Gasteiger partial charge in [0.2, 0.25) is 0 Å². The summed E-state index contributed by atoms with van der Waals surface area (Å²) in [6, 6.07) is 8.64. The van der Waals surface area contributed by atoms with Crippen molar-refractivity contribution in [2.45, 2.75) is 84.4 Å². The normalized spacial score (nSPS) is 20.0. The van der Waals surface area contributed by atoms with Crippen LogP contribution < -0.4 is 0 Å². The fourth-order valence-corrected chi connectivity index (χ4v) is 3.94. The van der Waals surface area contributed by atoms with Crippen LogP contribution in [0.3, 0.4) is 0 Å². The molecule has 3 atom stereocenters. The van der Waals surface area contributed by atoms with Crippen molar-refractivity contribution in [1.29, 1.82) is 0 Å². The lowest BCUT2D eigenvalue weighted by Crippen LogP contribution is -2.45. The number of hydrogen-bond donors (Lipinski definition) is 1. The van der Waals surface area contributed by atoms with Gasteiger partial charge in [0, 0.05) is 6.42 Å². The van der Waals surface area contributed by atoms with Crippen molar-refractivity contribution < 1.29 is 33.3 Å². The fourth-order valence-electron chi connectivity index (χ4n) is 2.92. The van der Waals surface area contributed by atoms with E-state index in [-0.39, 0.29) is 30.0 Å². The number of carbonyl (C=O) groups excluding carboxylic acids is 2. The standard InChI is InChI=1S/C26H40O7Si/c1-25(2,3)24(29)30-15-14-19-16-21(33-23(28)18-12-10-9-11-13-18)22(32-19)20(27)17-31-34(7,8)26(4,5)6/h9-13,16,19-20,22,27H,14-15,17H2,1-8H3. The Morgan fingerprint density at radius 1 is 1.09 bits per heavy atom. The van der Waals surface area contributed by atoms with Crippen molar-refractivity contribution in [1.82, 2.24) is 0 Å². The molecule has 0 bridgehead atoms. The van der Waals surface area contributed by atoms with Gasteiger partial charge in [-0.2, -0.15) is 0 Å². The second kappa shape index (κ2) is 11.2. The smallest absolute Gasteiger partial charge is 0.343 e. The second-order valence-electron chi connectivity index (χ2n) is 11.2. The van der Waals surface area contributed by atoms with Crippen molar-refractivity contribution in [3.05, 3.63) is 47.7 Å². The molecule has 1 heterocycles. The van der Waals surface area contributed by atoms with Crippen molar-refractivity contribution in [3.8, 4) is 0 Å². The van der Waals surface area contributed by atoms with Gasteiger partial charge in [-0.15, -0.1) is 0 Å². The summed E-state index contributed by atoms with van der Waals surface area (Å²) >= 11 is 0. The van der Waals surface area contributed by atoms with Gasteiger partial charge in [-0.25, -0.2) is 4.79 Å². The molecule has 1 aliphatic heterocycles. The molecule has 0 aromatic heterocycles. The van der Waals surface area contributed by atoms with Gasteiger partial charge in [0.05, 0.1) is 30.3 Å². The summed E-state index contributed by atoms with van der Waals surface area (Å²) < 4.78 is 23.1. The summed E-state index contributed by atoms with van der Waals surface area (Å²) in [5.74, 6) is -0.588. The van der Waals surface area contributed by atoms with E-state index >= 15 is 0 Å². The maximum absolute atomic E-state index is 12.6. The molecule has 7 nitrogen and oxygen atoms in total. The molecule has 1 aromatic carbocycles. The molecule has 0 saturated heterocycles. The quantitative estimate of drug-likeness (QED) is 0.389. The average molecular weight is 493 g/mol. The van der Waals surface area contributed by atoms with Gasteiger partial charge in [0.25, 0.3) is 0 Å². The van der Waals surface area contributed by atoms with E-state index in [2.05, 4.69) is 33.9 Å². The van der Waals surface area contributed by atoms with Crippen LogP contribution in [0.1, 0.15) is 58.3 Å². The monoisotopic (exact) mass is 492 g/mol. The van der Waals surface area contributed by atoms with Gasteiger partial charge < -0.3 is 23.7 Å². The fraction of sp³-hybridized carbons (Fsp3) is 0.615. The number of rotatable bonds is 9. The first-order valence-electron chi connectivity index (χ1n) is 11.8. The number of hydrogen-bond acceptors (Lipinski definition) is 7. The van der Waals surface area contributed by atoms with Crippen LogP contribution in [-0.4, -0.2) is 56.9 Å². The number of aliphatic hydroxyl groups is 1. The Morgan fingerprint density at radius 2 is 1.71 bits per heavy atom. The van der Waals surface area contributed by atoms with Crippen molar-refractivity contribution >= 4 is 20.3 Å². The molecule has 0 fully saturated rings. The molecular weight excluding hydrogens is 452 g/mol. The highest BCUT2D eigenvalue weighted by atomic mass is 28.4. The molecule has 0 spiro atoms. The first kappa shape index (κ1) is 28.2. The third-order valence-electron chi connectivity index (χ3n) is 6.19. The van der Waals surface area contributed by atoms with Crippen LogP contribution in [0.25, 0.3) is 0 Å². The van der Waals surface area contributed by atoms with Crippen molar-refractivity contribution in [2.75, 3.05) is 13.2 Å².